The first kappa shape index (κ1) is 14.8. The zero-order valence-electron chi connectivity index (χ0n) is 12.3. The Hall–Kier alpha value is -0.610. The lowest BCUT2D eigenvalue weighted by Crippen LogP contribution is -2.43. The summed E-state index contributed by atoms with van der Waals surface area (Å²) >= 11 is 0. The second-order valence-electron chi connectivity index (χ2n) is 6.22. The van der Waals surface area contributed by atoms with Crippen molar-refractivity contribution in [3.05, 3.63) is 0 Å². The number of hydrogen-bond donors (Lipinski definition) is 1. The minimum absolute atomic E-state index is 0.169. The summed E-state index contributed by atoms with van der Waals surface area (Å²) in [6.07, 6.45) is 6.56. The fourth-order valence-corrected chi connectivity index (χ4v) is 3.21. The van der Waals surface area contributed by atoms with Crippen molar-refractivity contribution in [3.8, 4) is 0 Å². The van der Waals surface area contributed by atoms with E-state index in [1.165, 1.54) is 19.3 Å². The lowest BCUT2D eigenvalue weighted by molar-refractivity contribution is -0.132. The van der Waals surface area contributed by atoms with Gasteiger partial charge in [-0.3, -0.25) is 9.69 Å². The predicted molar refractivity (Wildman–Crippen MR) is 75.9 cm³/mol. The minimum Gasteiger partial charge on any atom is -0.393 e. The minimum atomic E-state index is -0.169. The van der Waals surface area contributed by atoms with Crippen molar-refractivity contribution in [2.24, 2.45) is 5.92 Å². The van der Waals surface area contributed by atoms with Crippen molar-refractivity contribution in [1.29, 1.82) is 0 Å². The third-order valence-corrected chi connectivity index (χ3v) is 4.47. The summed E-state index contributed by atoms with van der Waals surface area (Å²) in [6.45, 7) is 4.22. The van der Waals surface area contributed by atoms with E-state index in [0.29, 0.717) is 18.5 Å². The molecule has 0 aromatic rings. The van der Waals surface area contributed by atoms with Crippen LogP contribution in [-0.4, -0.2) is 59.6 Å². The molecule has 2 unspecified atom stereocenters. The summed E-state index contributed by atoms with van der Waals surface area (Å²) < 4.78 is 0. The molecule has 4 nitrogen and oxygen atoms in total. The molecule has 0 saturated heterocycles. The molecular weight excluding hydrogens is 240 g/mol. The molecule has 19 heavy (non-hydrogen) atoms. The Morgan fingerprint density at radius 2 is 1.89 bits per heavy atom. The van der Waals surface area contributed by atoms with Crippen molar-refractivity contribution in [3.63, 3.8) is 0 Å². The molecule has 2 rings (SSSR count). The first-order valence-electron chi connectivity index (χ1n) is 7.78. The summed E-state index contributed by atoms with van der Waals surface area (Å²) in [5.74, 6) is 0.598. The number of amides is 1. The molecule has 0 bridgehead atoms. The molecule has 0 aromatic carbocycles. The number of carbonyl (C=O) groups excluding carboxylic acids is 1. The van der Waals surface area contributed by atoms with Crippen LogP contribution in [0.15, 0.2) is 0 Å². The molecule has 2 aliphatic rings. The second-order valence-corrected chi connectivity index (χ2v) is 6.22. The van der Waals surface area contributed by atoms with Gasteiger partial charge in [-0.25, -0.2) is 0 Å². The highest BCUT2D eigenvalue weighted by atomic mass is 16.3. The highest BCUT2D eigenvalue weighted by molar-refractivity contribution is 5.78. The SMILES string of the molecule is CCN(C(=O)CN(C)CC1CCCCC1O)C1CC1. The van der Waals surface area contributed by atoms with Crippen LogP contribution in [-0.2, 0) is 4.79 Å². The lowest BCUT2D eigenvalue weighted by Gasteiger charge is -2.32. The van der Waals surface area contributed by atoms with E-state index in [4.69, 9.17) is 0 Å². The van der Waals surface area contributed by atoms with Crippen LogP contribution in [0.5, 0.6) is 0 Å². The first-order valence-corrected chi connectivity index (χ1v) is 7.78. The topological polar surface area (TPSA) is 43.8 Å². The molecule has 0 radical (unpaired) electrons. The zero-order valence-corrected chi connectivity index (χ0v) is 12.3. The Kier molecular flexibility index (Phi) is 5.22. The van der Waals surface area contributed by atoms with Gasteiger partial charge in [0, 0.05) is 19.1 Å². The summed E-state index contributed by atoms with van der Waals surface area (Å²) in [5.41, 5.74) is 0. The average molecular weight is 268 g/mol. The molecular formula is C15H28N2O2. The van der Waals surface area contributed by atoms with E-state index in [0.717, 1.165) is 32.4 Å². The van der Waals surface area contributed by atoms with Crippen LogP contribution in [0.1, 0.15) is 45.4 Å². The molecule has 2 atom stereocenters. The third kappa shape index (κ3) is 4.18. The highest BCUT2D eigenvalue weighted by Crippen LogP contribution is 2.27. The molecule has 4 heteroatoms. The normalized spacial score (nSPS) is 27.6. The molecule has 2 fully saturated rings. The van der Waals surface area contributed by atoms with Gasteiger partial charge in [-0.2, -0.15) is 0 Å². The van der Waals surface area contributed by atoms with Crippen molar-refractivity contribution < 1.29 is 9.90 Å². The van der Waals surface area contributed by atoms with Gasteiger partial charge in [0.2, 0.25) is 5.91 Å². The fraction of sp³-hybridized carbons (Fsp3) is 0.933. The van der Waals surface area contributed by atoms with Gasteiger partial charge in [0.1, 0.15) is 0 Å². The van der Waals surface area contributed by atoms with Gasteiger partial charge in [0.25, 0.3) is 0 Å². The summed E-state index contributed by atoms with van der Waals surface area (Å²) in [7, 11) is 2.00. The maximum absolute atomic E-state index is 12.2. The number of rotatable bonds is 6. The van der Waals surface area contributed by atoms with Gasteiger partial charge < -0.3 is 10.0 Å². The van der Waals surface area contributed by atoms with Crippen molar-refractivity contribution in [2.45, 2.75) is 57.6 Å². The van der Waals surface area contributed by atoms with Gasteiger partial charge in [-0.1, -0.05) is 12.8 Å². The fourth-order valence-electron chi connectivity index (χ4n) is 3.21. The van der Waals surface area contributed by atoms with Crippen LogP contribution in [0.25, 0.3) is 0 Å². The number of carbonyl (C=O) groups is 1. The number of aliphatic hydroxyl groups excluding tert-OH is 1. The molecule has 110 valence electrons. The van der Waals surface area contributed by atoms with Crippen LogP contribution in [0.3, 0.4) is 0 Å². The zero-order chi connectivity index (χ0) is 13.8. The quantitative estimate of drug-likeness (QED) is 0.793. The standard InChI is InChI=1S/C15H28N2O2/c1-3-17(13-8-9-13)15(19)11-16(2)10-12-6-4-5-7-14(12)18/h12-14,18H,3-11H2,1-2H3. The average Bonchev–Trinajstić information content (AvgIpc) is 3.17. The molecule has 2 aliphatic carbocycles. The Bertz CT molecular complexity index is 305. The van der Waals surface area contributed by atoms with Crippen LogP contribution in [0.2, 0.25) is 0 Å². The van der Waals surface area contributed by atoms with Crippen molar-refractivity contribution >= 4 is 5.91 Å². The smallest absolute Gasteiger partial charge is 0.236 e. The van der Waals surface area contributed by atoms with E-state index in [-0.39, 0.29) is 12.0 Å². The van der Waals surface area contributed by atoms with Crippen LogP contribution in [0.4, 0.5) is 0 Å². The van der Waals surface area contributed by atoms with E-state index >= 15 is 0 Å². The van der Waals surface area contributed by atoms with Gasteiger partial charge in [-0.05, 0) is 45.6 Å². The van der Waals surface area contributed by atoms with Crippen molar-refractivity contribution in [1.82, 2.24) is 9.80 Å². The Morgan fingerprint density at radius 3 is 2.47 bits per heavy atom. The van der Waals surface area contributed by atoms with Crippen LogP contribution in [0, 0.1) is 5.92 Å². The number of aliphatic hydroxyl groups is 1. The van der Waals surface area contributed by atoms with Crippen molar-refractivity contribution in [2.75, 3.05) is 26.7 Å². The van der Waals surface area contributed by atoms with E-state index in [2.05, 4.69) is 11.8 Å². The predicted octanol–water partition coefficient (Wildman–Crippen LogP) is 1.48. The number of hydrogen-bond acceptors (Lipinski definition) is 3. The van der Waals surface area contributed by atoms with Gasteiger partial charge >= 0.3 is 0 Å². The summed E-state index contributed by atoms with van der Waals surface area (Å²) in [5, 5.41) is 9.98. The summed E-state index contributed by atoms with van der Waals surface area (Å²) in [4.78, 5) is 16.3. The molecule has 0 spiro atoms. The van der Waals surface area contributed by atoms with E-state index in [1.54, 1.807) is 0 Å². The van der Waals surface area contributed by atoms with E-state index in [1.807, 2.05) is 11.9 Å². The Labute approximate surface area is 116 Å². The van der Waals surface area contributed by atoms with Gasteiger partial charge in [0.05, 0.1) is 12.6 Å². The molecule has 0 heterocycles. The molecule has 0 aliphatic heterocycles. The monoisotopic (exact) mass is 268 g/mol. The van der Waals surface area contributed by atoms with Gasteiger partial charge in [0.15, 0.2) is 0 Å². The Balaban J connectivity index is 1.76. The van der Waals surface area contributed by atoms with Crippen LogP contribution >= 0.6 is 0 Å². The molecule has 1 amide bonds. The van der Waals surface area contributed by atoms with E-state index in [9.17, 15) is 9.90 Å². The number of nitrogens with zero attached hydrogens (tertiary/aromatic N) is 2. The lowest BCUT2D eigenvalue weighted by atomic mass is 9.86. The molecule has 1 N–H and O–H groups in total. The molecule has 0 aromatic heterocycles. The highest BCUT2D eigenvalue weighted by Gasteiger charge is 2.32. The Morgan fingerprint density at radius 1 is 1.21 bits per heavy atom. The maximum Gasteiger partial charge on any atom is 0.236 e. The largest absolute Gasteiger partial charge is 0.393 e. The van der Waals surface area contributed by atoms with Gasteiger partial charge in [-0.15, -0.1) is 0 Å². The first-order chi connectivity index (χ1) is 9.11. The second kappa shape index (κ2) is 6.71. The van der Waals surface area contributed by atoms with E-state index < -0.39 is 0 Å². The summed E-state index contributed by atoms with van der Waals surface area (Å²) in [6, 6.07) is 0.506. The molecule has 2 saturated carbocycles. The van der Waals surface area contributed by atoms with Crippen LogP contribution < -0.4 is 0 Å². The maximum atomic E-state index is 12.2. The third-order valence-electron chi connectivity index (χ3n) is 4.47. The number of likely N-dealkylation sites (N-methyl/N-ethyl adjacent to an activating group) is 2.